The van der Waals surface area contributed by atoms with Gasteiger partial charge in [-0.25, -0.2) is 0 Å². The standard InChI is InChI=1S/C13H22N2O/c1-11(6-7-13-5-3-9-16-13)15-12-4-2-8-14-10-12/h3,5,9,11-12,14-15H,2,4,6-8,10H2,1H3. The van der Waals surface area contributed by atoms with E-state index in [0.29, 0.717) is 12.1 Å². The van der Waals surface area contributed by atoms with E-state index in [1.807, 2.05) is 6.07 Å². The minimum Gasteiger partial charge on any atom is -0.469 e. The minimum atomic E-state index is 0.565. The van der Waals surface area contributed by atoms with Crippen LogP contribution >= 0.6 is 0 Å². The van der Waals surface area contributed by atoms with Crippen LogP contribution in [0.4, 0.5) is 0 Å². The summed E-state index contributed by atoms with van der Waals surface area (Å²) in [6.45, 7) is 4.56. The fraction of sp³-hybridized carbons (Fsp3) is 0.692. The van der Waals surface area contributed by atoms with Crippen molar-refractivity contribution in [2.75, 3.05) is 13.1 Å². The Hall–Kier alpha value is -0.800. The molecule has 0 bridgehead atoms. The van der Waals surface area contributed by atoms with Crippen LogP contribution in [0.25, 0.3) is 0 Å². The van der Waals surface area contributed by atoms with E-state index >= 15 is 0 Å². The van der Waals surface area contributed by atoms with Gasteiger partial charge in [-0.15, -0.1) is 0 Å². The normalized spacial score (nSPS) is 23.2. The SMILES string of the molecule is CC(CCc1ccco1)NC1CCCNC1. The van der Waals surface area contributed by atoms with Gasteiger partial charge in [-0.05, 0) is 44.9 Å². The quantitative estimate of drug-likeness (QED) is 0.799. The Labute approximate surface area is 97.6 Å². The Bertz CT molecular complexity index is 278. The van der Waals surface area contributed by atoms with Crippen LogP contribution in [0.5, 0.6) is 0 Å². The fourth-order valence-electron chi connectivity index (χ4n) is 2.29. The van der Waals surface area contributed by atoms with E-state index in [1.54, 1.807) is 6.26 Å². The van der Waals surface area contributed by atoms with Gasteiger partial charge < -0.3 is 15.1 Å². The highest BCUT2D eigenvalue weighted by molar-refractivity contribution is 4.98. The lowest BCUT2D eigenvalue weighted by Gasteiger charge is -2.27. The summed E-state index contributed by atoms with van der Waals surface area (Å²) in [4.78, 5) is 0. The van der Waals surface area contributed by atoms with Gasteiger partial charge in [-0.1, -0.05) is 0 Å². The van der Waals surface area contributed by atoms with E-state index in [2.05, 4.69) is 23.6 Å². The minimum absolute atomic E-state index is 0.565. The molecule has 0 spiro atoms. The smallest absolute Gasteiger partial charge is 0.103 e. The summed E-state index contributed by atoms with van der Waals surface area (Å²) >= 11 is 0. The number of piperidine rings is 1. The molecule has 2 atom stereocenters. The van der Waals surface area contributed by atoms with Gasteiger partial charge in [0.25, 0.3) is 0 Å². The zero-order chi connectivity index (χ0) is 11.2. The van der Waals surface area contributed by atoms with Crippen LogP contribution in [0.1, 0.15) is 31.9 Å². The third-order valence-corrected chi connectivity index (χ3v) is 3.22. The second-order valence-corrected chi connectivity index (χ2v) is 4.73. The van der Waals surface area contributed by atoms with Crippen LogP contribution in [0.15, 0.2) is 22.8 Å². The van der Waals surface area contributed by atoms with E-state index in [9.17, 15) is 0 Å². The van der Waals surface area contributed by atoms with E-state index < -0.39 is 0 Å². The fourth-order valence-corrected chi connectivity index (χ4v) is 2.29. The van der Waals surface area contributed by atoms with Crippen molar-refractivity contribution >= 4 is 0 Å². The maximum atomic E-state index is 5.33. The highest BCUT2D eigenvalue weighted by atomic mass is 16.3. The Balaban J connectivity index is 1.65. The van der Waals surface area contributed by atoms with Crippen molar-refractivity contribution in [2.24, 2.45) is 0 Å². The van der Waals surface area contributed by atoms with Crippen LogP contribution < -0.4 is 10.6 Å². The van der Waals surface area contributed by atoms with E-state index in [-0.39, 0.29) is 0 Å². The number of rotatable bonds is 5. The molecule has 0 aliphatic carbocycles. The topological polar surface area (TPSA) is 37.2 Å². The third-order valence-electron chi connectivity index (χ3n) is 3.22. The van der Waals surface area contributed by atoms with Crippen molar-refractivity contribution in [3.63, 3.8) is 0 Å². The molecule has 1 saturated heterocycles. The monoisotopic (exact) mass is 222 g/mol. The van der Waals surface area contributed by atoms with Gasteiger partial charge >= 0.3 is 0 Å². The van der Waals surface area contributed by atoms with Crippen molar-refractivity contribution in [2.45, 2.75) is 44.7 Å². The Morgan fingerprint density at radius 2 is 2.56 bits per heavy atom. The highest BCUT2D eigenvalue weighted by Crippen LogP contribution is 2.08. The molecule has 2 N–H and O–H groups in total. The molecular weight excluding hydrogens is 200 g/mol. The van der Waals surface area contributed by atoms with Gasteiger partial charge in [0, 0.05) is 25.0 Å². The van der Waals surface area contributed by atoms with E-state index in [1.165, 1.54) is 19.4 Å². The summed E-state index contributed by atoms with van der Waals surface area (Å²) in [7, 11) is 0. The molecule has 1 fully saturated rings. The zero-order valence-corrected chi connectivity index (χ0v) is 10.0. The first kappa shape index (κ1) is 11.7. The van der Waals surface area contributed by atoms with Gasteiger partial charge in [0.15, 0.2) is 0 Å². The van der Waals surface area contributed by atoms with E-state index in [4.69, 9.17) is 4.42 Å². The molecule has 0 radical (unpaired) electrons. The molecule has 3 heteroatoms. The molecule has 0 aromatic carbocycles. The first-order chi connectivity index (χ1) is 7.84. The summed E-state index contributed by atoms with van der Waals surface area (Å²) in [5, 5.41) is 7.11. The summed E-state index contributed by atoms with van der Waals surface area (Å²) in [6.07, 6.45) is 6.52. The molecule has 0 saturated carbocycles. The first-order valence-corrected chi connectivity index (χ1v) is 6.34. The van der Waals surface area contributed by atoms with E-state index in [0.717, 1.165) is 25.1 Å². The summed E-state index contributed by atoms with van der Waals surface area (Å²) in [6, 6.07) is 5.23. The van der Waals surface area contributed by atoms with Crippen molar-refractivity contribution in [1.29, 1.82) is 0 Å². The predicted molar refractivity (Wildman–Crippen MR) is 65.5 cm³/mol. The molecule has 2 heterocycles. The number of furan rings is 1. The van der Waals surface area contributed by atoms with Crippen molar-refractivity contribution < 1.29 is 4.42 Å². The molecule has 2 rings (SSSR count). The van der Waals surface area contributed by atoms with Crippen molar-refractivity contribution in [1.82, 2.24) is 10.6 Å². The second kappa shape index (κ2) is 6.06. The number of aryl methyl sites for hydroxylation is 1. The number of hydrogen-bond acceptors (Lipinski definition) is 3. The maximum Gasteiger partial charge on any atom is 0.103 e. The zero-order valence-electron chi connectivity index (χ0n) is 10.0. The van der Waals surface area contributed by atoms with Crippen LogP contribution in [0, 0.1) is 0 Å². The molecule has 0 amide bonds. The number of nitrogens with one attached hydrogen (secondary N) is 2. The van der Waals surface area contributed by atoms with Crippen molar-refractivity contribution in [3.05, 3.63) is 24.2 Å². The van der Waals surface area contributed by atoms with Gasteiger partial charge in [-0.2, -0.15) is 0 Å². The average Bonchev–Trinajstić information content (AvgIpc) is 2.81. The summed E-state index contributed by atoms with van der Waals surface area (Å²) < 4.78 is 5.33. The molecule has 16 heavy (non-hydrogen) atoms. The van der Waals surface area contributed by atoms with Crippen LogP contribution in [-0.2, 0) is 6.42 Å². The highest BCUT2D eigenvalue weighted by Gasteiger charge is 2.14. The molecular formula is C13H22N2O. The molecule has 1 aliphatic heterocycles. The van der Waals surface area contributed by atoms with Crippen LogP contribution in [0.2, 0.25) is 0 Å². The van der Waals surface area contributed by atoms with Gasteiger partial charge in [0.1, 0.15) is 5.76 Å². The maximum absolute atomic E-state index is 5.33. The van der Waals surface area contributed by atoms with Gasteiger partial charge in [0.05, 0.1) is 6.26 Å². The number of hydrogen-bond donors (Lipinski definition) is 2. The molecule has 1 aromatic rings. The summed E-state index contributed by atoms with van der Waals surface area (Å²) in [5.74, 6) is 1.09. The first-order valence-electron chi connectivity index (χ1n) is 6.34. The van der Waals surface area contributed by atoms with Gasteiger partial charge in [0.2, 0.25) is 0 Å². The van der Waals surface area contributed by atoms with Crippen LogP contribution in [0.3, 0.4) is 0 Å². The molecule has 90 valence electrons. The largest absolute Gasteiger partial charge is 0.469 e. The Kier molecular flexibility index (Phi) is 4.43. The Morgan fingerprint density at radius 1 is 1.62 bits per heavy atom. The lowest BCUT2D eigenvalue weighted by Crippen LogP contribution is -2.46. The average molecular weight is 222 g/mol. The molecule has 1 aromatic heterocycles. The predicted octanol–water partition coefficient (Wildman–Crippen LogP) is 1.94. The Morgan fingerprint density at radius 3 is 3.25 bits per heavy atom. The van der Waals surface area contributed by atoms with Crippen molar-refractivity contribution in [3.8, 4) is 0 Å². The lowest BCUT2D eigenvalue weighted by molar-refractivity contribution is 0.346. The second-order valence-electron chi connectivity index (χ2n) is 4.73. The van der Waals surface area contributed by atoms with Gasteiger partial charge in [-0.3, -0.25) is 0 Å². The molecule has 3 nitrogen and oxygen atoms in total. The third kappa shape index (κ3) is 3.65. The molecule has 2 unspecified atom stereocenters. The lowest BCUT2D eigenvalue weighted by atomic mass is 10.0. The van der Waals surface area contributed by atoms with Crippen LogP contribution in [-0.4, -0.2) is 25.2 Å². The summed E-state index contributed by atoms with van der Waals surface area (Å²) in [5.41, 5.74) is 0. The molecule has 1 aliphatic rings.